The van der Waals surface area contributed by atoms with Crippen LogP contribution in [-0.2, 0) is 11.2 Å². The van der Waals surface area contributed by atoms with Gasteiger partial charge in [-0.15, -0.1) is 0 Å². The molecule has 18 heavy (non-hydrogen) atoms. The van der Waals surface area contributed by atoms with Gasteiger partial charge in [-0.05, 0) is 37.0 Å². The van der Waals surface area contributed by atoms with Crippen molar-refractivity contribution in [2.45, 2.75) is 25.7 Å². The largest absolute Gasteiger partial charge is 0.482 e. The molecule has 0 radical (unpaired) electrons. The minimum Gasteiger partial charge on any atom is -0.482 e. The van der Waals surface area contributed by atoms with E-state index in [1.54, 1.807) is 0 Å². The molecule has 4 nitrogen and oxygen atoms in total. The topological polar surface area (TPSA) is 62.1 Å². The van der Waals surface area contributed by atoms with Crippen molar-refractivity contribution < 1.29 is 9.53 Å². The molecule has 1 aromatic rings. The van der Waals surface area contributed by atoms with Crippen molar-refractivity contribution in [3.05, 3.63) is 23.8 Å². The maximum absolute atomic E-state index is 11.3. The highest BCUT2D eigenvalue weighted by atomic mass is 16.5. The Labute approximate surface area is 106 Å². The third-order valence-electron chi connectivity index (χ3n) is 3.77. The average molecular weight is 242 g/mol. The number of carbonyl (C=O) groups is 1. The van der Waals surface area contributed by atoms with Crippen LogP contribution in [0.3, 0.4) is 0 Å². The Bertz CT molecular complexity index is 541. The molecule has 0 bridgehead atoms. The van der Waals surface area contributed by atoms with Gasteiger partial charge in [0.05, 0.1) is 17.2 Å². The van der Waals surface area contributed by atoms with E-state index in [4.69, 9.17) is 4.74 Å². The lowest BCUT2D eigenvalue weighted by Crippen LogP contribution is -2.30. The van der Waals surface area contributed by atoms with E-state index in [0.717, 1.165) is 36.9 Å². The SMILES string of the molecule is N#CC1(Cc2ccc3c(c2)NC(=O)CO3)CCC1. The van der Waals surface area contributed by atoms with E-state index in [-0.39, 0.29) is 17.9 Å². The van der Waals surface area contributed by atoms with Gasteiger partial charge >= 0.3 is 0 Å². The zero-order valence-electron chi connectivity index (χ0n) is 10.0. The lowest BCUT2D eigenvalue weighted by atomic mass is 9.66. The van der Waals surface area contributed by atoms with Gasteiger partial charge in [-0.3, -0.25) is 4.79 Å². The smallest absolute Gasteiger partial charge is 0.262 e. The van der Waals surface area contributed by atoms with Gasteiger partial charge in [0.25, 0.3) is 5.91 Å². The van der Waals surface area contributed by atoms with Crippen molar-refractivity contribution >= 4 is 11.6 Å². The van der Waals surface area contributed by atoms with Crippen LogP contribution < -0.4 is 10.1 Å². The molecule has 92 valence electrons. The number of nitriles is 1. The van der Waals surface area contributed by atoms with E-state index in [2.05, 4.69) is 11.4 Å². The highest BCUT2D eigenvalue weighted by Gasteiger charge is 2.37. The molecular formula is C14H14N2O2. The molecule has 3 rings (SSSR count). The summed E-state index contributed by atoms with van der Waals surface area (Å²) < 4.78 is 5.31. The number of nitrogens with one attached hydrogen (secondary N) is 1. The number of carbonyl (C=O) groups excluding carboxylic acids is 1. The van der Waals surface area contributed by atoms with E-state index in [1.807, 2.05) is 18.2 Å². The average Bonchev–Trinajstić information content (AvgIpc) is 2.33. The second-order valence-corrected chi connectivity index (χ2v) is 5.09. The Balaban J connectivity index is 1.84. The van der Waals surface area contributed by atoms with Crippen LogP contribution in [0.1, 0.15) is 24.8 Å². The fourth-order valence-corrected chi connectivity index (χ4v) is 2.56. The summed E-state index contributed by atoms with van der Waals surface area (Å²) in [5.41, 5.74) is 1.62. The predicted octanol–water partition coefficient (Wildman–Crippen LogP) is 2.25. The van der Waals surface area contributed by atoms with Gasteiger partial charge in [0.2, 0.25) is 0 Å². The summed E-state index contributed by atoms with van der Waals surface area (Å²) in [5, 5.41) is 12.0. The van der Waals surface area contributed by atoms with E-state index >= 15 is 0 Å². The Morgan fingerprint density at radius 2 is 2.28 bits per heavy atom. The molecule has 0 unspecified atom stereocenters. The van der Waals surface area contributed by atoms with Crippen molar-refractivity contribution in [3.63, 3.8) is 0 Å². The van der Waals surface area contributed by atoms with Crippen molar-refractivity contribution in [2.75, 3.05) is 11.9 Å². The number of nitrogens with zero attached hydrogens (tertiary/aromatic N) is 1. The summed E-state index contributed by atoms with van der Waals surface area (Å²) in [6.45, 7) is 0.0779. The summed E-state index contributed by atoms with van der Waals surface area (Å²) in [6, 6.07) is 8.20. The lowest BCUT2D eigenvalue weighted by Gasteiger charge is -2.35. The fraction of sp³-hybridized carbons (Fsp3) is 0.429. The number of hydrogen-bond acceptors (Lipinski definition) is 3. The third-order valence-corrected chi connectivity index (χ3v) is 3.77. The minimum absolute atomic E-state index is 0.0779. The number of ether oxygens (including phenoxy) is 1. The molecule has 1 aliphatic carbocycles. The van der Waals surface area contributed by atoms with Gasteiger partial charge in [-0.25, -0.2) is 0 Å². The van der Waals surface area contributed by atoms with Crippen LogP contribution in [0.15, 0.2) is 18.2 Å². The third kappa shape index (κ3) is 1.82. The molecule has 0 spiro atoms. The Hall–Kier alpha value is -2.02. The number of benzene rings is 1. The van der Waals surface area contributed by atoms with Crippen LogP contribution in [0.4, 0.5) is 5.69 Å². The predicted molar refractivity (Wildman–Crippen MR) is 66.2 cm³/mol. The number of rotatable bonds is 2. The highest BCUT2D eigenvalue weighted by molar-refractivity contribution is 5.95. The molecule has 1 aliphatic heterocycles. The van der Waals surface area contributed by atoms with Gasteiger partial charge in [-0.1, -0.05) is 12.5 Å². The first kappa shape index (κ1) is 11.1. The second-order valence-electron chi connectivity index (χ2n) is 5.09. The van der Waals surface area contributed by atoms with E-state index in [0.29, 0.717) is 5.75 Å². The standard InChI is InChI=1S/C14H14N2O2/c15-9-14(4-1-5-14)7-10-2-3-12-11(6-10)16-13(17)8-18-12/h2-3,6H,1,4-5,7-8H2,(H,16,17). The molecule has 1 heterocycles. The molecule has 1 N–H and O–H groups in total. The van der Waals surface area contributed by atoms with Crippen LogP contribution in [0.2, 0.25) is 0 Å². The Kier molecular flexibility index (Phi) is 2.48. The summed E-state index contributed by atoms with van der Waals surface area (Å²) in [7, 11) is 0. The normalized spacial score (nSPS) is 19.8. The molecule has 0 saturated heterocycles. The molecule has 1 saturated carbocycles. The molecule has 1 aromatic carbocycles. The zero-order chi connectivity index (χ0) is 12.6. The zero-order valence-corrected chi connectivity index (χ0v) is 10.0. The van der Waals surface area contributed by atoms with Crippen LogP contribution in [0.5, 0.6) is 5.75 Å². The van der Waals surface area contributed by atoms with E-state index in [9.17, 15) is 10.1 Å². The second kappa shape index (κ2) is 4.02. The van der Waals surface area contributed by atoms with Crippen molar-refractivity contribution in [1.82, 2.24) is 0 Å². The summed E-state index contributed by atoms with van der Waals surface area (Å²) in [6.07, 6.45) is 3.85. The van der Waals surface area contributed by atoms with Gasteiger partial charge < -0.3 is 10.1 Å². The van der Waals surface area contributed by atoms with Crippen molar-refractivity contribution in [3.8, 4) is 11.8 Å². The van der Waals surface area contributed by atoms with Crippen molar-refractivity contribution in [2.24, 2.45) is 5.41 Å². The van der Waals surface area contributed by atoms with Crippen LogP contribution in [-0.4, -0.2) is 12.5 Å². The monoisotopic (exact) mass is 242 g/mol. The molecular weight excluding hydrogens is 228 g/mol. The maximum Gasteiger partial charge on any atom is 0.262 e. The number of fused-ring (bicyclic) bond motifs is 1. The number of hydrogen-bond donors (Lipinski definition) is 1. The molecule has 2 aliphatic rings. The molecule has 1 fully saturated rings. The number of anilines is 1. The van der Waals surface area contributed by atoms with Crippen LogP contribution in [0, 0.1) is 16.7 Å². The van der Waals surface area contributed by atoms with Gasteiger partial charge in [0.15, 0.2) is 6.61 Å². The van der Waals surface area contributed by atoms with E-state index < -0.39 is 0 Å². The van der Waals surface area contributed by atoms with E-state index in [1.165, 1.54) is 0 Å². The van der Waals surface area contributed by atoms with Gasteiger partial charge in [0, 0.05) is 0 Å². The molecule has 4 heteroatoms. The fourth-order valence-electron chi connectivity index (χ4n) is 2.56. The number of amides is 1. The summed E-state index contributed by atoms with van der Waals surface area (Å²) >= 11 is 0. The first-order chi connectivity index (χ1) is 8.71. The lowest BCUT2D eigenvalue weighted by molar-refractivity contribution is -0.118. The molecule has 1 amide bonds. The maximum atomic E-state index is 11.3. The summed E-state index contributed by atoms with van der Waals surface area (Å²) in [5.74, 6) is 0.580. The van der Waals surface area contributed by atoms with Gasteiger partial charge in [0.1, 0.15) is 5.75 Å². The minimum atomic E-state index is -0.187. The first-order valence-electron chi connectivity index (χ1n) is 6.18. The van der Waals surface area contributed by atoms with Crippen LogP contribution >= 0.6 is 0 Å². The quantitative estimate of drug-likeness (QED) is 0.865. The highest BCUT2D eigenvalue weighted by Crippen LogP contribution is 2.43. The van der Waals surface area contributed by atoms with Crippen LogP contribution in [0.25, 0.3) is 0 Å². The Morgan fingerprint density at radius 3 is 2.94 bits per heavy atom. The Morgan fingerprint density at radius 1 is 1.44 bits per heavy atom. The first-order valence-corrected chi connectivity index (χ1v) is 6.18. The molecule has 0 aromatic heterocycles. The summed E-state index contributed by atoms with van der Waals surface area (Å²) in [4.78, 5) is 11.3. The molecule has 0 atom stereocenters. The van der Waals surface area contributed by atoms with Crippen molar-refractivity contribution in [1.29, 1.82) is 5.26 Å². The van der Waals surface area contributed by atoms with Gasteiger partial charge in [-0.2, -0.15) is 5.26 Å².